The monoisotopic (exact) mass is 452 g/mol. The summed E-state index contributed by atoms with van der Waals surface area (Å²) in [6.07, 6.45) is 0. The molecule has 0 fully saturated rings. The molecule has 2 amide bonds. The quantitative estimate of drug-likeness (QED) is 0.350. The van der Waals surface area contributed by atoms with Gasteiger partial charge in [-0.1, -0.05) is 88.4 Å². The number of carbonyl (C=O) groups excluding carboxylic acids is 2. The molecule has 0 saturated carbocycles. The van der Waals surface area contributed by atoms with Gasteiger partial charge in [0.05, 0.1) is 0 Å². The van der Waals surface area contributed by atoms with Crippen molar-refractivity contribution in [3.8, 4) is 11.1 Å². The number of hydrogen-bond donors (Lipinski definition) is 2. The van der Waals surface area contributed by atoms with Crippen LogP contribution in [0.15, 0.2) is 72.8 Å². The molecule has 0 bridgehead atoms. The van der Waals surface area contributed by atoms with Gasteiger partial charge in [0.2, 0.25) is 11.8 Å². The average Bonchev–Trinajstić information content (AvgIpc) is 2.84. The lowest BCUT2D eigenvalue weighted by Gasteiger charge is -2.13. The van der Waals surface area contributed by atoms with E-state index in [1.165, 1.54) is 5.39 Å². The molecule has 0 unspecified atom stereocenters. The number of rotatable bonds is 7. The Morgan fingerprint density at radius 3 is 2.09 bits per heavy atom. The molecule has 174 valence electrons. The smallest absolute Gasteiger partial charge is 0.222 e. The fraction of sp³-hybridized carbons (Fsp3) is 0.267. The van der Waals surface area contributed by atoms with Gasteiger partial charge in [0, 0.05) is 24.9 Å². The van der Waals surface area contributed by atoms with Crippen molar-refractivity contribution in [3.05, 3.63) is 83.9 Å². The van der Waals surface area contributed by atoms with Crippen LogP contribution in [-0.2, 0) is 22.7 Å². The topological polar surface area (TPSA) is 58.2 Å². The number of fused-ring (bicyclic) bond motifs is 2. The zero-order valence-electron chi connectivity index (χ0n) is 20.3. The van der Waals surface area contributed by atoms with Crippen LogP contribution >= 0.6 is 0 Å². The predicted molar refractivity (Wildman–Crippen MR) is 140 cm³/mol. The van der Waals surface area contributed by atoms with E-state index in [0.29, 0.717) is 13.1 Å². The van der Waals surface area contributed by atoms with Gasteiger partial charge in [-0.05, 0) is 55.9 Å². The summed E-state index contributed by atoms with van der Waals surface area (Å²) in [5.41, 5.74) is 4.50. The second-order valence-electron chi connectivity index (χ2n) is 9.46. The molecule has 4 aromatic carbocycles. The third kappa shape index (κ3) is 5.12. The zero-order chi connectivity index (χ0) is 24.2. The Labute approximate surface area is 201 Å². The number of hydrogen-bond acceptors (Lipinski definition) is 2. The highest BCUT2D eigenvalue weighted by Crippen LogP contribution is 2.32. The van der Waals surface area contributed by atoms with Gasteiger partial charge < -0.3 is 10.6 Å². The molecule has 0 aliphatic heterocycles. The fourth-order valence-corrected chi connectivity index (χ4v) is 4.13. The van der Waals surface area contributed by atoms with E-state index >= 15 is 0 Å². The molecule has 4 rings (SSSR count). The first-order chi connectivity index (χ1) is 16.3. The third-order valence-corrected chi connectivity index (χ3v) is 6.20. The van der Waals surface area contributed by atoms with Crippen molar-refractivity contribution in [3.63, 3.8) is 0 Å². The number of benzene rings is 4. The molecular weight excluding hydrogens is 420 g/mol. The maximum absolute atomic E-state index is 12.1. The molecule has 4 heteroatoms. The van der Waals surface area contributed by atoms with Gasteiger partial charge in [-0.2, -0.15) is 0 Å². The fourth-order valence-electron chi connectivity index (χ4n) is 4.13. The van der Waals surface area contributed by atoms with Crippen LogP contribution in [-0.4, -0.2) is 11.8 Å². The molecule has 0 aromatic heterocycles. The molecule has 0 saturated heterocycles. The predicted octanol–water partition coefficient (Wildman–Crippen LogP) is 6.20. The summed E-state index contributed by atoms with van der Waals surface area (Å²) in [6, 6.07) is 25.4. The minimum atomic E-state index is -0.0372. The first-order valence-electron chi connectivity index (χ1n) is 11.9. The minimum absolute atomic E-state index is 0.0245. The summed E-state index contributed by atoms with van der Waals surface area (Å²) in [7, 11) is 0. The Hall–Kier alpha value is -3.66. The summed E-state index contributed by atoms with van der Waals surface area (Å²) in [5, 5.41) is 10.7. The van der Waals surface area contributed by atoms with Crippen LogP contribution in [0.3, 0.4) is 0 Å². The molecule has 0 atom stereocenters. The molecule has 2 N–H and O–H groups in total. The van der Waals surface area contributed by atoms with Gasteiger partial charge in [0.25, 0.3) is 0 Å². The van der Waals surface area contributed by atoms with E-state index in [1.807, 2.05) is 33.8 Å². The van der Waals surface area contributed by atoms with Gasteiger partial charge in [-0.15, -0.1) is 0 Å². The van der Waals surface area contributed by atoms with Gasteiger partial charge in [-0.3, -0.25) is 9.59 Å². The lowest BCUT2D eigenvalue weighted by atomic mass is 9.94. The van der Waals surface area contributed by atoms with E-state index in [0.717, 1.165) is 38.4 Å². The van der Waals surface area contributed by atoms with Crippen molar-refractivity contribution >= 4 is 33.4 Å². The maximum atomic E-state index is 12.1. The molecule has 0 spiro atoms. The van der Waals surface area contributed by atoms with E-state index in [-0.39, 0.29) is 23.7 Å². The van der Waals surface area contributed by atoms with E-state index in [4.69, 9.17) is 0 Å². The Balaban J connectivity index is 1.67. The maximum Gasteiger partial charge on any atom is 0.222 e. The normalized spacial score (nSPS) is 11.4. The average molecular weight is 453 g/mol. The molecule has 0 heterocycles. The van der Waals surface area contributed by atoms with Crippen LogP contribution in [0.4, 0.5) is 0 Å². The highest BCUT2D eigenvalue weighted by atomic mass is 16.2. The van der Waals surface area contributed by atoms with Crippen LogP contribution in [0.25, 0.3) is 32.7 Å². The van der Waals surface area contributed by atoms with E-state index in [2.05, 4.69) is 77.4 Å². The van der Waals surface area contributed by atoms with Crippen LogP contribution in [0.2, 0.25) is 0 Å². The lowest BCUT2D eigenvalue weighted by Crippen LogP contribution is -2.27. The van der Waals surface area contributed by atoms with E-state index in [9.17, 15) is 9.59 Å². The van der Waals surface area contributed by atoms with Crippen molar-refractivity contribution in [2.75, 3.05) is 0 Å². The number of nitrogens with one attached hydrogen (secondary N) is 2. The minimum Gasteiger partial charge on any atom is -0.352 e. The van der Waals surface area contributed by atoms with E-state index in [1.54, 1.807) is 0 Å². The molecule has 0 radical (unpaired) electrons. The molecule has 4 nitrogen and oxygen atoms in total. The van der Waals surface area contributed by atoms with Crippen molar-refractivity contribution in [1.82, 2.24) is 10.6 Å². The summed E-state index contributed by atoms with van der Waals surface area (Å²) in [5.74, 6) is 0.0568. The van der Waals surface area contributed by atoms with Gasteiger partial charge in [-0.25, -0.2) is 0 Å². The SMILES string of the molecule is CC(C)C(=O)NCc1ccc2c(-c3ccc4cccc(CNC(=O)C(C)C)c4c3)cccc2c1. The number of carbonyl (C=O) groups is 2. The zero-order valence-corrected chi connectivity index (χ0v) is 20.3. The van der Waals surface area contributed by atoms with Crippen molar-refractivity contribution in [2.24, 2.45) is 11.8 Å². The first kappa shape index (κ1) is 23.5. The second-order valence-corrected chi connectivity index (χ2v) is 9.46. The lowest BCUT2D eigenvalue weighted by molar-refractivity contribution is -0.124. The van der Waals surface area contributed by atoms with Gasteiger partial charge in [0.1, 0.15) is 0 Å². The first-order valence-corrected chi connectivity index (χ1v) is 11.9. The van der Waals surface area contributed by atoms with Crippen LogP contribution in [0.1, 0.15) is 38.8 Å². The molecule has 0 aliphatic rings. The Morgan fingerprint density at radius 1 is 0.676 bits per heavy atom. The Kier molecular flexibility index (Phi) is 6.97. The highest BCUT2D eigenvalue weighted by Gasteiger charge is 2.11. The summed E-state index contributed by atoms with van der Waals surface area (Å²) in [4.78, 5) is 24.0. The number of amides is 2. The van der Waals surface area contributed by atoms with Gasteiger partial charge >= 0.3 is 0 Å². The molecule has 34 heavy (non-hydrogen) atoms. The molecule has 4 aromatic rings. The largest absolute Gasteiger partial charge is 0.352 e. The van der Waals surface area contributed by atoms with Crippen molar-refractivity contribution in [2.45, 2.75) is 40.8 Å². The molecule has 0 aliphatic carbocycles. The summed E-state index contributed by atoms with van der Waals surface area (Å²) in [6.45, 7) is 8.64. The van der Waals surface area contributed by atoms with Crippen molar-refractivity contribution in [1.29, 1.82) is 0 Å². The van der Waals surface area contributed by atoms with Crippen molar-refractivity contribution < 1.29 is 9.59 Å². The van der Waals surface area contributed by atoms with Crippen LogP contribution < -0.4 is 10.6 Å². The molecular formula is C30H32N2O2. The highest BCUT2D eigenvalue weighted by molar-refractivity contribution is 6.00. The van der Waals surface area contributed by atoms with E-state index < -0.39 is 0 Å². The third-order valence-electron chi connectivity index (χ3n) is 6.20. The standard InChI is InChI=1S/C30H32N2O2/c1-19(2)29(33)31-17-21-11-14-27-23(15-21)8-6-10-26(27)24-13-12-22-7-5-9-25(28(22)16-24)18-32-30(34)20(3)4/h5-16,19-20H,17-18H2,1-4H3,(H,31,33)(H,32,34). The van der Waals surface area contributed by atoms with Crippen LogP contribution in [0.5, 0.6) is 0 Å². The Bertz CT molecular complexity index is 1350. The Morgan fingerprint density at radius 2 is 1.35 bits per heavy atom. The second kappa shape index (κ2) is 10.1. The summed E-state index contributed by atoms with van der Waals surface area (Å²) >= 11 is 0. The van der Waals surface area contributed by atoms with Gasteiger partial charge in [0.15, 0.2) is 0 Å². The van der Waals surface area contributed by atoms with Crippen LogP contribution in [0, 0.1) is 11.8 Å². The summed E-state index contributed by atoms with van der Waals surface area (Å²) < 4.78 is 0.